The Labute approximate surface area is 122 Å². The molecule has 4 heteroatoms. The van der Waals surface area contributed by atoms with E-state index in [-0.39, 0.29) is 5.92 Å². The maximum Gasteiger partial charge on any atom is 0.225 e. The number of carbonyl (C=O) groups excluding carboxylic acids is 1. The van der Waals surface area contributed by atoms with Gasteiger partial charge in [-0.3, -0.25) is 9.48 Å². The summed E-state index contributed by atoms with van der Waals surface area (Å²) in [6, 6.07) is 0. The van der Waals surface area contributed by atoms with E-state index in [4.69, 9.17) is 0 Å². The summed E-state index contributed by atoms with van der Waals surface area (Å²) in [6.45, 7) is 6.10. The fourth-order valence-corrected chi connectivity index (χ4v) is 3.23. The highest BCUT2D eigenvalue weighted by Gasteiger charge is 2.31. The van der Waals surface area contributed by atoms with Crippen molar-refractivity contribution in [3.63, 3.8) is 0 Å². The molecule has 4 nitrogen and oxygen atoms in total. The molecule has 0 bridgehead atoms. The Kier molecular flexibility index (Phi) is 5.21. The molecule has 1 aromatic rings. The van der Waals surface area contributed by atoms with Crippen LogP contribution in [-0.4, -0.2) is 33.7 Å². The second-order valence-corrected chi connectivity index (χ2v) is 5.99. The van der Waals surface area contributed by atoms with E-state index < -0.39 is 0 Å². The quantitative estimate of drug-likeness (QED) is 0.802. The lowest BCUT2D eigenvalue weighted by Gasteiger charge is -2.23. The summed E-state index contributed by atoms with van der Waals surface area (Å²) in [5, 5.41) is 4.24. The zero-order valence-electron chi connectivity index (χ0n) is 13.0. The van der Waals surface area contributed by atoms with Gasteiger partial charge in [0.15, 0.2) is 0 Å². The molecule has 0 saturated carbocycles. The first-order chi connectivity index (χ1) is 9.65. The Bertz CT molecular complexity index is 435. The largest absolute Gasteiger partial charge is 0.342 e. The molecule has 20 heavy (non-hydrogen) atoms. The maximum absolute atomic E-state index is 12.6. The molecule has 1 atom stereocenters. The number of hydrogen-bond acceptors (Lipinski definition) is 2. The van der Waals surface area contributed by atoms with E-state index in [1.165, 1.54) is 5.56 Å². The summed E-state index contributed by atoms with van der Waals surface area (Å²) < 4.78 is 1.84. The summed E-state index contributed by atoms with van der Waals surface area (Å²) >= 11 is 0. The van der Waals surface area contributed by atoms with Gasteiger partial charge >= 0.3 is 0 Å². The smallest absolute Gasteiger partial charge is 0.225 e. The fourth-order valence-electron chi connectivity index (χ4n) is 3.23. The van der Waals surface area contributed by atoms with E-state index in [1.54, 1.807) is 0 Å². The number of aromatic nitrogens is 2. The molecule has 0 aliphatic carbocycles. The van der Waals surface area contributed by atoms with Gasteiger partial charge in [0.25, 0.3) is 0 Å². The van der Waals surface area contributed by atoms with Gasteiger partial charge in [0.1, 0.15) is 0 Å². The van der Waals surface area contributed by atoms with Crippen molar-refractivity contribution in [2.45, 2.75) is 51.9 Å². The van der Waals surface area contributed by atoms with Crippen LogP contribution in [0.25, 0.3) is 0 Å². The number of amides is 1. The van der Waals surface area contributed by atoms with Crippen LogP contribution in [0.5, 0.6) is 0 Å². The number of aryl methyl sites for hydroxylation is 1. The molecule has 1 aliphatic heterocycles. The first-order valence-corrected chi connectivity index (χ1v) is 7.93. The van der Waals surface area contributed by atoms with Crippen LogP contribution >= 0.6 is 0 Å². The third-order valence-corrected chi connectivity index (χ3v) is 4.32. The lowest BCUT2D eigenvalue weighted by atomic mass is 9.96. The SMILES string of the molecule is CCCC(CCC)C(=O)N1CC[C@@H](c2cnn(C)c2)C1. The van der Waals surface area contributed by atoms with Crippen molar-refractivity contribution in [1.82, 2.24) is 14.7 Å². The van der Waals surface area contributed by atoms with Gasteiger partial charge in [0.05, 0.1) is 6.20 Å². The molecule has 0 unspecified atom stereocenters. The normalized spacial score (nSPS) is 19.0. The summed E-state index contributed by atoms with van der Waals surface area (Å²) in [5.41, 5.74) is 1.27. The highest BCUT2D eigenvalue weighted by molar-refractivity contribution is 5.79. The van der Waals surface area contributed by atoms with Crippen LogP contribution < -0.4 is 0 Å². The molecule has 1 fully saturated rings. The molecule has 112 valence electrons. The Morgan fingerprint density at radius 3 is 2.65 bits per heavy atom. The molecule has 2 heterocycles. The molecule has 0 spiro atoms. The van der Waals surface area contributed by atoms with Crippen LogP contribution in [0.2, 0.25) is 0 Å². The fraction of sp³-hybridized carbons (Fsp3) is 0.750. The number of hydrogen-bond donors (Lipinski definition) is 0. The number of rotatable bonds is 6. The van der Waals surface area contributed by atoms with E-state index in [0.29, 0.717) is 11.8 Å². The van der Waals surface area contributed by atoms with Gasteiger partial charge in [0.2, 0.25) is 5.91 Å². The molecule has 0 N–H and O–H groups in total. The predicted molar refractivity (Wildman–Crippen MR) is 80.5 cm³/mol. The van der Waals surface area contributed by atoms with Crippen molar-refractivity contribution in [3.8, 4) is 0 Å². The van der Waals surface area contributed by atoms with Gasteiger partial charge in [-0.05, 0) is 24.8 Å². The molecule has 1 saturated heterocycles. The molecule has 2 rings (SSSR count). The molecular formula is C16H27N3O. The summed E-state index contributed by atoms with van der Waals surface area (Å²) in [5.74, 6) is 1.08. The second-order valence-electron chi connectivity index (χ2n) is 5.99. The predicted octanol–water partition coefficient (Wildman–Crippen LogP) is 2.95. The standard InChI is InChI=1S/C16H27N3O/c1-4-6-13(7-5-2)16(20)19-9-8-14(12-19)15-10-17-18(3)11-15/h10-11,13-14H,4-9,12H2,1-3H3/t14-/m1/s1. The van der Waals surface area contributed by atoms with Crippen LogP contribution in [0.1, 0.15) is 57.4 Å². The third-order valence-electron chi connectivity index (χ3n) is 4.32. The zero-order valence-corrected chi connectivity index (χ0v) is 13.0. The Hall–Kier alpha value is -1.32. The summed E-state index contributed by atoms with van der Waals surface area (Å²) in [6.07, 6.45) is 9.33. The minimum atomic E-state index is 0.234. The highest BCUT2D eigenvalue weighted by atomic mass is 16.2. The van der Waals surface area contributed by atoms with E-state index in [0.717, 1.165) is 45.2 Å². The van der Waals surface area contributed by atoms with E-state index in [9.17, 15) is 4.79 Å². The molecule has 1 aromatic heterocycles. The summed E-state index contributed by atoms with van der Waals surface area (Å²) in [4.78, 5) is 14.7. The third kappa shape index (κ3) is 3.41. The van der Waals surface area contributed by atoms with Gasteiger partial charge in [0, 0.05) is 38.2 Å². The second kappa shape index (κ2) is 6.91. The number of likely N-dealkylation sites (tertiary alicyclic amines) is 1. The first-order valence-electron chi connectivity index (χ1n) is 7.93. The molecule has 1 aliphatic rings. The van der Waals surface area contributed by atoms with Crippen LogP contribution in [0.4, 0.5) is 0 Å². The lowest BCUT2D eigenvalue weighted by molar-refractivity contribution is -0.135. The van der Waals surface area contributed by atoms with Crippen LogP contribution in [0.15, 0.2) is 12.4 Å². The molecule has 1 amide bonds. The lowest BCUT2D eigenvalue weighted by Crippen LogP contribution is -2.34. The Morgan fingerprint density at radius 1 is 1.40 bits per heavy atom. The van der Waals surface area contributed by atoms with Crippen molar-refractivity contribution in [3.05, 3.63) is 18.0 Å². The average Bonchev–Trinajstić information content (AvgIpc) is 3.06. The van der Waals surface area contributed by atoms with E-state index >= 15 is 0 Å². The van der Waals surface area contributed by atoms with Crippen LogP contribution in [-0.2, 0) is 11.8 Å². The Morgan fingerprint density at radius 2 is 2.10 bits per heavy atom. The van der Waals surface area contributed by atoms with Gasteiger partial charge in [-0.25, -0.2) is 0 Å². The molecule has 0 radical (unpaired) electrons. The zero-order chi connectivity index (χ0) is 14.5. The van der Waals surface area contributed by atoms with Crippen LogP contribution in [0, 0.1) is 5.92 Å². The maximum atomic E-state index is 12.6. The number of nitrogens with zero attached hydrogens (tertiary/aromatic N) is 3. The van der Waals surface area contributed by atoms with Gasteiger partial charge in [-0.2, -0.15) is 5.10 Å². The van der Waals surface area contributed by atoms with Gasteiger partial charge < -0.3 is 4.90 Å². The Balaban J connectivity index is 1.95. The average molecular weight is 277 g/mol. The van der Waals surface area contributed by atoms with Gasteiger partial charge in [-0.15, -0.1) is 0 Å². The van der Waals surface area contributed by atoms with Gasteiger partial charge in [-0.1, -0.05) is 26.7 Å². The molecular weight excluding hydrogens is 250 g/mol. The van der Waals surface area contributed by atoms with Crippen molar-refractivity contribution in [2.75, 3.05) is 13.1 Å². The van der Waals surface area contributed by atoms with Crippen molar-refractivity contribution >= 4 is 5.91 Å². The topological polar surface area (TPSA) is 38.1 Å². The number of carbonyl (C=O) groups is 1. The van der Waals surface area contributed by atoms with Crippen molar-refractivity contribution in [2.24, 2.45) is 13.0 Å². The van der Waals surface area contributed by atoms with Crippen LogP contribution in [0.3, 0.4) is 0 Å². The first kappa shape index (κ1) is 15.1. The highest BCUT2D eigenvalue weighted by Crippen LogP contribution is 2.29. The van der Waals surface area contributed by atoms with Crippen molar-refractivity contribution < 1.29 is 4.79 Å². The van der Waals surface area contributed by atoms with E-state index in [1.807, 2.05) is 17.9 Å². The summed E-state index contributed by atoms with van der Waals surface area (Å²) in [7, 11) is 1.94. The minimum Gasteiger partial charge on any atom is -0.342 e. The van der Waals surface area contributed by atoms with Crippen molar-refractivity contribution in [1.29, 1.82) is 0 Å². The van der Waals surface area contributed by atoms with E-state index in [2.05, 4.69) is 30.0 Å². The minimum absolute atomic E-state index is 0.234. The molecule has 0 aromatic carbocycles. The monoisotopic (exact) mass is 277 g/mol.